The Hall–Kier alpha value is -3.02. The first-order chi connectivity index (χ1) is 17.2. The van der Waals surface area contributed by atoms with E-state index in [2.05, 4.69) is 17.4 Å². The standard InChI is InChI=1S/C30H36ClNO4/c1-30(2,3)36-29(33)19-25(23-12-14-24(31)15-13-23)26(17-21-9-7-6-8-10-21)32-20-22-11-16-27(34-4)28(18-22)35-5/h6-16,18,25-26,32H,17,19-20H2,1-5H3/t25-,26-/m1/s1. The van der Waals surface area contributed by atoms with Crippen molar-refractivity contribution in [2.24, 2.45) is 0 Å². The van der Waals surface area contributed by atoms with Crippen molar-refractivity contribution >= 4 is 17.6 Å². The quantitative estimate of drug-likeness (QED) is 0.296. The molecule has 0 saturated carbocycles. The molecule has 0 aliphatic carbocycles. The second-order valence-electron chi connectivity index (χ2n) is 9.82. The number of benzene rings is 3. The summed E-state index contributed by atoms with van der Waals surface area (Å²) in [6.45, 7) is 6.26. The number of hydrogen-bond donors (Lipinski definition) is 1. The molecule has 192 valence electrons. The van der Waals surface area contributed by atoms with Gasteiger partial charge >= 0.3 is 5.97 Å². The van der Waals surface area contributed by atoms with E-state index in [0.29, 0.717) is 23.1 Å². The van der Waals surface area contributed by atoms with Gasteiger partial charge < -0.3 is 19.5 Å². The number of carbonyl (C=O) groups is 1. The van der Waals surface area contributed by atoms with Crippen LogP contribution in [0.4, 0.5) is 0 Å². The number of hydrogen-bond acceptors (Lipinski definition) is 5. The predicted octanol–water partition coefficient (Wildman–Crippen LogP) is 6.57. The average Bonchev–Trinajstić information content (AvgIpc) is 2.85. The molecule has 6 heteroatoms. The van der Waals surface area contributed by atoms with Gasteiger partial charge in [0.1, 0.15) is 5.60 Å². The van der Waals surface area contributed by atoms with Gasteiger partial charge in [-0.2, -0.15) is 0 Å². The van der Waals surface area contributed by atoms with Crippen molar-refractivity contribution in [1.82, 2.24) is 5.32 Å². The molecule has 0 aliphatic heterocycles. The summed E-state index contributed by atoms with van der Waals surface area (Å²) in [6.07, 6.45) is 0.986. The Morgan fingerprint density at radius 1 is 0.889 bits per heavy atom. The van der Waals surface area contributed by atoms with Crippen molar-refractivity contribution in [2.75, 3.05) is 14.2 Å². The molecule has 0 radical (unpaired) electrons. The van der Waals surface area contributed by atoms with E-state index in [1.54, 1.807) is 14.2 Å². The molecule has 1 N–H and O–H groups in total. The first kappa shape index (κ1) is 27.6. The van der Waals surface area contributed by atoms with Crippen molar-refractivity contribution in [1.29, 1.82) is 0 Å². The zero-order valence-corrected chi connectivity index (χ0v) is 22.5. The topological polar surface area (TPSA) is 56.8 Å². The normalized spacial score (nSPS) is 13.1. The van der Waals surface area contributed by atoms with Crippen molar-refractivity contribution in [2.45, 2.75) is 57.7 Å². The number of esters is 1. The van der Waals surface area contributed by atoms with Gasteiger partial charge in [-0.1, -0.05) is 60.1 Å². The first-order valence-electron chi connectivity index (χ1n) is 12.1. The number of methoxy groups -OCH3 is 2. The minimum absolute atomic E-state index is 0.0470. The van der Waals surface area contributed by atoms with Gasteiger partial charge in [0.15, 0.2) is 11.5 Å². The highest BCUT2D eigenvalue weighted by Crippen LogP contribution is 2.30. The maximum absolute atomic E-state index is 13.0. The second-order valence-corrected chi connectivity index (χ2v) is 10.3. The molecule has 3 aromatic rings. The zero-order chi connectivity index (χ0) is 26.1. The zero-order valence-electron chi connectivity index (χ0n) is 21.7. The Morgan fingerprint density at radius 3 is 2.17 bits per heavy atom. The largest absolute Gasteiger partial charge is 0.493 e. The van der Waals surface area contributed by atoms with Crippen LogP contribution in [0.5, 0.6) is 11.5 Å². The van der Waals surface area contributed by atoms with Crippen LogP contribution in [0.15, 0.2) is 72.8 Å². The fourth-order valence-electron chi connectivity index (χ4n) is 4.23. The fraction of sp³-hybridized carbons (Fsp3) is 0.367. The van der Waals surface area contributed by atoms with Crippen molar-refractivity contribution < 1.29 is 19.0 Å². The Kier molecular flexibility index (Phi) is 9.80. The highest BCUT2D eigenvalue weighted by atomic mass is 35.5. The third-order valence-electron chi connectivity index (χ3n) is 5.91. The average molecular weight is 510 g/mol. The molecule has 0 aromatic heterocycles. The fourth-order valence-corrected chi connectivity index (χ4v) is 4.36. The molecule has 0 fully saturated rings. The third kappa shape index (κ3) is 8.28. The molecular weight excluding hydrogens is 474 g/mol. The highest BCUT2D eigenvalue weighted by Gasteiger charge is 2.28. The van der Waals surface area contributed by atoms with E-state index in [1.165, 1.54) is 5.56 Å². The summed E-state index contributed by atoms with van der Waals surface area (Å²) in [7, 11) is 3.25. The van der Waals surface area contributed by atoms with Crippen LogP contribution < -0.4 is 14.8 Å². The van der Waals surface area contributed by atoms with Crippen LogP contribution in [-0.4, -0.2) is 31.8 Å². The molecule has 0 amide bonds. The van der Waals surface area contributed by atoms with E-state index in [-0.39, 0.29) is 24.3 Å². The molecule has 3 aromatic carbocycles. The summed E-state index contributed by atoms with van der Waals surface area (Å²) in [5, 5.41) is 4.38. The van der Waals surface area contributed by atoms with E-state index < -0.39 is 5.60 Å². The van der Waals surface area contributed by atoms with Gasteiger partial charge in [-0.25, -0.2) is 0 Å². The molecule has 5 nitrogen and oxygen atoms in total. The van der Waals surface area contributed by atoms with Crippen LogP contribution >= 0.6 is 11.6 Å². The van der Waals surface area contributed by atoms with Gasteiger partial charge in [0.2, 0.25) is 0 Å². The van der Waals surface area contributed by atoms with Gasteiger partial charge in [-0.3, -0.25) is 4.79 Å². The molecule has 2 atom stereocenters. The maximum atomic E-state index is 13.0. The highest BCUT2D eigenvalue weighted by molar-refractivity contribution is 6.30. The number of rotatable bonds is 11. The van der Waals surface area contributed by atoms with Crippen LogP contribution in [0.2, 0.25) is 5.02 Å². The number of nitrogens with one attached hydrogen (secondary N) is 1. The van der Waals surface area contributed by atoms with E-state index in [1.807, 2.05) is 81.4 Å². The lowest BCUT2D eigenvalue weighted by Crippen LogP contribution is -2.38. The lowest BCUT2D eigenvalue weighted by atomic mass is 9.85. The molecule has 0 saturated heterocycles. The molecule has 0 bridgehead atoms. The molecular formula is C30H36ClNO4. The van der Waals surface area contributed by atoms with Crippen molar-refractivity contribution in [3.8, 4) is 11.5 Å². The number of halogens is 1. The van der Waals surface area contributed by atoms with Crippen molar-refractivity contribution in [3.63, 3.8) is 0 Å². The predicted molar refractivity (Wildman–Crippen MR) is 145 cm³/mol. The Balaban J connectivity index is 1.92. The molecule has 0 spiro atoms. The third-order valence-corrected chi connectivity index (χ3v) is 6.16. The van der Waals surface area contributed by atoms with E-state index in [0.717, 1.165) is 17.5 Å². The van der Waals surface area contributed by atoms with E-state index in [9.17, 15) is 4.79 Å². The lowest BCUT2D eigenvalue weighted by Gasteiger charge is -2.30. The Labute approximate surface area is 219 Å². The minimum atomic E-state index is -0.552. The summed E-state index contributed by atoms with van der Waals surface area (Å²) in [4.78, 5) is 13.0. The number of carbonyl (C=O) groups excluding carboxylic acids is 1. The summed E-state index contributed by atoms with van der Waals surface area (Å²) < 4.78 is 16.6. The molecule has 0 heterocycles. The van der Waals surface area contributed by atoms with Gasteiger partial charge in [-0.15, -0.1) is 0 Å². The van der Waals surface area contributed by atoms with E-state index in [4.69, 9.17) is 25.8 Å². The first-order valence-corrected chi connectivity index (χ1v) is 12.5. The van der Waals surface area contributed by atoms with Gasteiger partial charge in [0.25, 0.3) is 0 Å². The summed E-state index contributed by atoms with van der Waals surface area (Å²) >= 11 is 6.18. The smallest absolute Gasteiger partial charge is 0.306 e. The van der Waals surface area contributed by atoms with Crippen LogP contribution in [0, 0.1) is 0 Å². The SMILES string of the molecule is COc1ccc(CN[C@H](Cc2ccccc2)[C@H](CC(=O)OC(C)(C)C)c2ccc(Cl)cc2)cc1OC. The molecule has 0 aliphatic rings. The van der Waals surface area contributed by atoms with E-state index >= 15 is 0 Å². The minimum Gasteiger partial charge on any atom is -0.493 e. The van der Waals surface area contributed by atoms with Crippen LogP contribution in [0.1, 0.15) is 49.8 Å². The maximum Gasteiger partial charge on any atom is 0.306 e. The summed E-state index contributed by atoms with van der Waals surface area (Å²) in [5.41, 5.74) is 2.72. The van der Waals surface area contributed by atoms with Gasteiger partial charge in [0.05, 0.1) is 20.6 Å². The molecule has 0 unspecified atom stereocenters. The number of ether oxygens (including phenoxy) is 3. The van der Waals surface area contributed by atoms with Crippen LogP contribution in [0.3, 0.4) is 0 Å². The summed E-state index contributed by atoms with van der Waals surface area (Å²) in [5.74, 6) is 1.01. The van der Waals surface area contributed by atoms with Gasteiger partial charge in [-0.05, 0) is 68.1 Å². The van der Waals surface area contributed by atoms with Crippen LogP contribution in [0.25, 0.3) is 0 Å². The molecule has 3 rings (SSSR count). The monoisotopic (exact) mass is 509 g/mol. The lowest BCUT2D eigenvalue weighted by molar-refractivity contribution is -0.155. The second kappa shape index (κ2) is 12.8. The van der Waals surface area contributed by atoms with Crippen LogP contribution in [-0.2, 0) is 22.5 Å². The Morgan fingerprint density at radius 2 is 1.56 bits per heavy atom. The van der Waals surface area contributed by atoms with Crippen molar-refractivity contribution in [3.05, 3.63) is 94.5 Å². The summed E-state index contributed by atoms with van der Waals surface area (Å²) in [6, 6.07) is 23.9. The Bertz CT molecular complexity index is 1110. The van der Waals surface area contributed by atoms with Gasteiger partial charge in [0, 0.05) is 23.5 Å². The molecule has 36 heavy (non-hydrogen) atoms.